The summed E-state index contributed by atoms with van der Waals surface area (Å²) in [5, 5.41) is 9.54. The number of hydrogen-bond acceptors (Lipinski definition) is 6. The number of benzene rings is 2. The number of aliphatic hydroxyl groups excluding tert-OH is 1. The number of carbonyl (C=O) groups excluding carboxylic acids is 1. The molecule has 4 rings (SSSR count). The van der Waals surface area contributed by atoms with Crippen molar-refractivity contribution in [2.45, 2.75) is 5.67 Å². The van der Waals surface area contributed by atoms with Gasteiger partial charge in [0.15, 0.2) is 0 Å². The van der Waals surface area contributed by atoms with Crippen molar-refractivity contribution in [3.63, 3.8) is 0 Å². The lowest BCUT2D eigenvalue weighted by Crippen LogP contribution is -2.45. The highest BCUT2D eigenvalue weighted by molar-refractivity contribution is 6.06. The number of halogens is 2. The predicted octanol–water partition coefficient (Wildman–Crippen LogP) is 3.36. The second-order valence-corrected chi connectivity index (χ2v) is 7.02. The molecule has 7 nitrogen and oxygen atoms in total. The van der Waals surface area contributed by atoms with Crippen LogP contribution in [0.3, 0.4) is 0 Å². The van der Waals surface area contributed by atoms with Crippen LogP contribution in [0.5, 0.6) is 17.2 Å². The van der Waals surface area contributed by atoms with Gasteiger partial charge in [-0.25, -0.2) is 8.78 Å². The molecule has 0 saturated carbocycles. The number of ether oxygens (including phenoxy) is 2. The van der Waals surface area contributed by atoms with E-state index in [1.807, 2.05) is 0 Å². The number of carbonyl (C=O) groups is 1. The van der Waals surface area contributed by atoms with Crippen LogP contribution in [0.15, 0.2) is 65.5 Å². The Labute approximate surface area is 181 Å². The van der Waals surface area contributed by atoms with E-state index in [-0.39, 0.29) is 24.5 Å². The number of fused-ring (bicyclic) bond motifs is 1. The van der Waals surface area contributed by atoms with Crippen LogP contribution in [0.25, 0.3) is 16.5 Å². The average Bonchev–Trinajstić information content (AvgIpc) is 2.78. The summed E-state index contributed by atoms with van der Waals surface area (Å²) >= 11 is 0. The van der Waals surface area contributed by atoms with Crippen LogP contribution >= 0.6 is 0 Å². The summed E-state index contributed by atoms with van der Waals surface area (Å²) in [4.78, 5) is 19.7. The Morgan fingerprint density at radius 1 is 1.19 bits per heavy atom. The molecule has 2 heterocycles. The van der Waals surface area contributed by atoms with Gasteiger partial charge in [0, 0.05) is 28.8 Å². The maximum Gasteiger partial charge on any atom is 0.261 e. The molecule has 1 aliphatic rings. The fraction of sp³-hybridized carbons (Fsp3) is 0.174. The number of alkyl halides is 1. The van der Waals surface area contributed by atoms with Crippen LogP contribution in [0, 0.1) is 0 Å². The molecule has 3 aromatic rings. The number of aromatic nitrogens is 1. The second kappa shape index (κ2) is 8.72. The van der Waals surface area contributed by atoms with E-state index in [0.29, 0.717) is 22.4 Å². The smallest absolute Gasteiger partial charge is 0.261 e. The van der Waals surface area contributed by atoms with E-state index < -0.39 is 29.5 Å². The van der Waals surface area contributed by atoms with Gasteiger partial charge in [-0.05, 0) is 24.3 Å². The van der Waals surface area contributed by atoms with E-state index in [1.54, 1.807) is 36.4 Å². The molecule has 1 atom stereocenters. The number of dihydropyridines is 1. The summed E-state index contributed by atoms with van der Waals surface area (Å²) in [6.45, 7) is -0.595. The Bertz CT molecular complexity index is 1240. The molecule has 164 valence electrons. The summed E-state index contributed by atoms with van der Waals surface area (Å²) in [6.07, 6.45) is 2.38. The van der Waals surface area contributed by atoms with Crippen molar-refractivity contribution in [3.05, 3.63) is 66.1 Å². The molecule has 9 heteroatoms. The first-order chi connectivity index (χ1) is 15.4. The SMILES string of the molecule is NC(=O)C1(F)CN=CC(F)=C1c1ccccc1Oc1ccnc2cc(OCCO)ccc12. The van der Waals surface area contributed by atoms with Gasteiger partial charge in [0.05, 0.1) is 24.9 Å². The number of amides is 1. The van der Waals surface area contributed by atoms with Crippen molar-refractivity contribution < 1.29 is 28.2 Å². The maximum atomic E-state index is 15.4. The fourth-order valence-electron chi connectivity index (χ4n) is 3.45. The van der Waals surface area contributed by atoms with Gasteiger partial charge in [-0.3, -0.25) is 14.8 Å². The molecule has 0 saturated heterocycles. The summed E-state index contributed by atoms with van der Waals surface area (Å²) in [5.41, 5.74) is 2.53. The third-order valence-electron chi connectivity index (χ3n) is 4.95. The lowest BCUT2D eigenvalue weighted by atomic mass is 9.86. The zero-order valence-electron chi connectivity index (χ0n) is 16.8. The van der Waals surface area contributed by atoms with E-state index in [0.717, 1.165) is 6.21 Å². The zero-order chi connectivity index (χ0) is 22.7. The van der Waals surface area contributed by atoms with Crippen LogP contribution in [0.4, 0.5) is 8.78 Å². The van der Waals surface area contributed by atoms with E-state index >= 15 is 4.39 Å². The number of rotatable bonds is 7. The Kier molecular flexibility index (Phi) is 5.83. The molecule has 1 amide bonds. The van der Waals surface area contributed by atoms with Gasteiger partial charge in [0.25, 0.3) is 5.91 Å². The van der Waals surface area contributed by atoms with Crippen molar-refractivity contribution in [1.29, 1.82) is 0 Å². The first kappa shape index (κ1) is 21.4. The normalized spacial score (nSPS) is 18.1. The first-order valence-corrected chi connectivity index (χ1v) is 9.72. The third-order valence-corrected chi connectivity index (χ3v) is 4.95. The minimum Gasteiger partial charge on any atom is -0.491 e. The van der Waals surface area contributed by atoms with Gasteiger partial charge < -0.3 is 20.3 Å². The molecule has 0 bridgehead atoms. The molecule has 1 unspecified atom stereocenters. The van der Waals surface area contributed by atoms with Crippen molar-refractivity contribution in [2.75, 3.05) is 19.8 Å². The average molecular weight is 439 g/mol. The van der Waals surface area contributed by atoms with E-state index in [9.17, 15) is 9.18 Å². The molecule has 1 aliphatic heterocycles. The van der Waals surface area contributed by atoms with Crippen LogP contribution in [0.1, 0.15) is 5.56 Å². The lowest BCUT2D eigenvalue weighted by Gasteiger charge is -2.27. The first-order valence-electron chi connectivity index (χ1n) is 9.72. The van der Waals surface area contributed by atoms with Crippen molar-refractivity contribution in [3.8, 4) is 17.2 Å². The van der Waals surface area contributed by atoms with Gasteiger partial charge in [-0.2, -0.15) is 0 Å². The standard InChI is InChI=1S/C23H19F2N3O4/c24-17-12-27-13-23(25,22(26)30)21(17)16-3-1-2-4-19(16)32-20-7-8-28-18-11-14(31-10-9-29)5-6-15(18)20/h1-8,11-12,29H,9-10,13H2,(H2,26,30). The number of primary amides is 1. The Balaban J connectivity index is 1.77. The van der Waals surface area contributed by atoms with Crippen molar-refractivity contribution in [2.24, 2.45) is 10.7 Å². The van der Waals surface area contributed by atoms with Gasteiger partial charge in [0.1, 0.15) is 29.7 Å². The number of para-hydroxylation sites is 1. The summed E-state index contributed by atoms with van der Waals surface area (Å²) in [5.74, 6) is -1.30. The highest BCUT2D eigenvalue weighted by atomic mass is 19.1. The second-order valence-electron chi connectivity index (χ2n) is 7.02. The molecule has 0 aliphatic carbocycles. The number of hydrogen-bond donors (Lipinski definition) is 2. The third kappa shape index (κ3) is 3.90. The van der Waals surface area contributed by atoms with Gasteiger partial charge in [-0.1, -0.05) is 18.2 Å². The predicted molar refractivity (Wildman–Crippen MR) is 115 cm³/mol. The minimum atomic E-state index is -2.81. The number of nitrogens with two attached hydrogens (primary N) is 1. The Morgan fingerprint density at radius 2 is 2.00 bits per heavy atom. The quantitative estimate of drug-likeness (QED) is 0.587. The highest BCUT2D eigenvalue weighted by Crippen LogP contribution is 2.42. The molecule has 3 N–H and O–H groups in total. The maximum absolute atomic E-state index is 15.4. The van der Waals surface area contributed by atoms with E-state index in [4.69, 9.17) is 20.3 Å². The van der Waals surface area contributed by atoms with Crippen molar-refractivity contribution in [1.82, 2.24) is 4.98 Å². The summed E-state index contributed by atoms with van der Waals surface area (Å²) in [7, 11) is 0. The largest absolute Gasteiger partial charge is 0.491 e. The summed E-state index contributed by atoms with van der Waals surface area (Å²) in [6, 6.07) is 12.9. The van der Waals surface area contributed by atoms with Gasteiger partial charge in [-0.15, -0.1) is 0 Å². The molecular formula is C23H19F2N3O4. The number of aliphatic hydroxyl groups is 1. The number of nitrogens with zero attached hydrogens (tertiary/aromatic N) is 2. The summed E-state index contributed by atoms with van der Waals surface area (Å²) < 4.78 is 41.6. The molecule has 0 spiro atoms. The van der Waals surface area contributed by atoms with Crippen molar-refractivity contribution >= 4 is 28.6 Å². The Hall–Kier alpha value is -3.85. The minimum absolute atomic E-state index is 0.0466. The molecule has 0 fully saturated rings. The monoisotopic (exact) mass is 439 g/mol. The molecular weight excluding hydrogens is 420 g/mol. The van der Waals surface area contributed by atoms with E-state index in [1.165, 1.54) is 18.3 Å². The number of pyridine rings is 1. The highest BCUT2D eigenvalue weighted by Gasteiger charge is 2.46. The fourth-order valence-corrected chi connectivity index (χ4v) is 3.45. The Morgan fingerprint density at radius 3 is 2.78 bits per heavy atom. The molecule has 2 aromatic carbocycles. The molecule has 1 aromatic heterocycles. The zero-order valence-corrected chi connectivity index (χ0v) is 16.8. The lowest BCUT2D eigenvalue weighted by molar-refractivity contribution is -0.125. The van der Waals surface area contributed by atoms with Crippen LogP contribution < -0.4 is 15.2 Å². The topological polar surface area (TPSA) is 107 Å². The molecule has 0 radical (unpaired) electrons. The van der Waals surface area contributed by atoms with Crippen LogP contribution in [-0.2, 0) is 4.79 Å². The van der Waals surface area contributed by atoms with Gasteiger partial charge in [0.2, 0.25) is 5.67 Å². The van der Waals surface area contributed by atoms with Crippen LogP contribution in [-0.4, -0.2) is 47.6 Å². The number of allylic oxidation sites excluding steroid dienone is 1. The van der Waals surface area contributed by atoms with Crippen LogP contribution in [0.2, 0.25) is 0 Å². The number of aliphatic imine (C=N–C) groups is 1. The van der Waals surface area contributed by atoms with Gasteiger partial charge >= 0.3 is 0 Å². The van der Waals surface area contributed by atoms with E-state index in [2.05, 4.69) is 9.98 Å². The molecule has 32 heavy (non-hydrogen) atoms.